The van der Waals surface area contributed by atoms with E-state index >= 15 is 0 Å². The molecule has 3 aromatic heterocycles. The third kappa shape index (κ3) is 3.17. The number of ether oxygens (including phenoxy) is 1. The lowest BCUT2D eigenvalue weighted by Gasteiger charge is -2.08. The second-order valence-electron chi connectivity index (χ2n) is 5.88. The van der Waals surface area contributed by atoms with Gasteiger partial charge in [0.05, 0.1) is 5.39 Å². The number of aryl methyl sites for hydroxylation is 1. The first-order valence-electron chi connectivity index (χ1n) is 8.19. The summed E-state index contributed by atoms with van der Waals surface area (Å²) >= 11 is 0. The molecule has 26 heavy (non-hydrogen) atoms. The fraction of sp³-hybridized carbons (Fsp3) is 0.100. The Hall–Kier alpha value is -3.54. The minimum atomic E-state index is -0.466. The second kappa shape index (κ2) is 6.76. The summed E-state index contributed by atoms with van der Waals surface area (Å²) in [6.45, 7) is 1.91. The van der Waals surface area contributed by atoms with E-state index in [4.69, 9.17) is 4.74 Å². The zero-order valence-corrected chi connectivity index (χ0v) is 14.1. The van der Waals surface area contributed by atoms with Gasteiger partial charge >= 0.3 is 5.97 Å². The van der Waals surface area contributed by atoms with Crippen molar-refractivity contribution >= 4 is 17.0 Å². The Kier molecular flexibility index (Phi) is 4.15. The van der Waals surface area contributed by atoms with E-state index in [0.29, 0.717) is 16.9 Å². The highest BCUT2D eigenvalue weighted by atomic mass is 16.5. The SMILES string of the molecule is Cc1nc(C(=O)OCc2cccc(-c3cccnc3)c2)c2cc[nH]c2n1. The number of nitrogens with one attached hydrogen (secondary N) is 1. The number of aromatic nitrogens is 4. The molecule has 0 saturated carbocycles. The lowest BCUT2D eigenvalue weighted by molar-refractivity contribution is 0.0468. The van der Waals surface area contributed by atoms with Crippen molar-refractivity contribution in [1.82, 2.24) is 19.9 Å². The number of H-pyrrole nitrogens is 1. The van der Waals surface area contributed by atoms with E-state index in [2.05, 4.69) is 19.9 Å². The molecule has 1 N–H and O–H groups in total. The van der Waals surface area contributed by atoms with E-state index < -0.39 is 5.97 Å². The van der Waals surface area contributed by atoms with Gasteiger partial charge in [0.25, 0.3) is 0 Å². The maximum atomic E-state index is 12.5. The minimum Gasteiger partial charge on any atom is -0.456 e. The van der Waals surface area contributed by atoms with Crippen LogP contribution < -0.4 is 0 Å². The van der Waals surface area contributed by atoms with Gasteiger partial charge in [-0.05, 0) is 41.8 Å². The lowest BCUT2D eigenvalue weighted by Crippen LogP contribution is -2.09. The van der Waals surface area contributed by atoms with Gasteiger partial charge in [-0.25, -0.2) is 14.8 Å². The Morgan fingerprint density at radius 1 is 1.12 bits per heavy atom. The third-order valence-electron chi connectivity index (χ3n) is 4.01. The van der Waals surface area contributed by atoms with Gasteiger partial charge in [0.15, 0.2) is 5.69 Å². The van der Waals surface area contributed by atoms with Crippen molar-refractivity contribution in [3.05, 3.63) is 78.1 Å². The third-order valence-corrected chi connectivity index (χ3v) is 4.01. The zero-order chi connectivity index (χ0) is 17.9. The highest BCUT2D eigenvalue weighted by Crippen LogP contribution is 2.20. The molecule has 128 valence electrons. The maximum absolute atomic E-state index is 12.5. The summed E-state index contributed by atoms with van der Waals surface area (Å²) in [5.41, 5.74) is 3.84. The Balaban J connectivity index is 1.54. The Labute approximate surface area is 149 Å². The molecule has 0 aliphatic carbocycles. The summed E-state index contributed by atoms with van der Waals surface area (Å²) in [5, 5.41) is 0.657. The number of carbonyl (C=O) groups is 1. The highest BCUT2D eigenvalue weighted by molar-refractivity contribution is 6.00. The second-order valence-corrected chi connectivity index (χ2v) is 5.88. The monoisotopic (exact) mass is 344 g/mol. The molecule has 4 aromatic rings. The van der Waals surface area contributed by atoms with Gasteiger partial charge in [-0.15, -0.1) is 0 Å². The smallest absolute Gasteiger partial charge is 0.358 e. The van der Waals surface area contributed by atoms with E-state index in [1.165, 1.54) is 0 Å². The van der Waals surface area contributed by atoms with Gasteiger partial charge < -0.3 is 9.72 Å². The van der Waals surface area contributed by atoms with Crippen LogP contribution in [0.2, 0.25) is 0 Å². The van der Waals surface area contributed by atoms with E-state index in [1.807, 2.05) is 36.4 Å². The first-order valence-corrected chi connectivity index (χ1v) is 8.19. The van der Waals surface area contributed by atoms with Crippen molar-refractivity contribution in [2.45, 2.75) is 13.5 Å². The van der Waals surface area contributed by atoms with Crippen LogP contribution in [0.15, 0.2) is 61.1 Å². The normalized spacial score (nSPS) is 10.8. The molecule has 1 aromatic carbocycles. The van der Waals surface area contributed by atoms with Crippen LogP contribution in [0.1, 0.15) is 21.9 Å². The number of aromatic amines is 1. The Morgan fingerprint density at radius 3 is 2.85 bits per heavy atom. The molecule has 6 nitrogen and oxygen atoms in total. The Bertz CT molecular complexity index is 1070. The maximum Gasteiger partial charge on any atom is 0.358 e. The molecule has 0 unspecified atom stereocenters. The number of rotatable bonds is 4. The van der Waals surface area contributed by atoms with Crippen LogP contribution in [0.5, 0.6) is 0 Å². The molecule has 4 rings (SSSR count). The van der Waals surface area contributed by atoms with Crippen LogP contribution in [-0.2, 0) is 11.3 Å². The molecular weight excluding hydrogens is 328 g/mol. The topological polar surface area (TPSA) is 80.8 Å². The largest absolute Gasteiger partial charge is 0.456 e. The van der Waals surface area contributed by atoms with Crippen molar-refractivity contribution in [3.63, 3.8) is 0 Å². The zero-order valence-electron chi connectivity index (χ0n) is 14.1. The summed E-state index contributed by atoms with van der Waals surface area (Å²) in [4.78, 5) is 28.1. The number of carbonyl (C=O) groups excluding carboxylic acids is 1. The van der Waals surface area contributed by atoms with E-state index in [1.54, 1.807) is 31.6 Å². The molecule has 0 amide bonds. The molecule has 0 aliphatic heterocycles. The highest BCUT2D eigenvalue weighted by Gasteiger charge is 2.16. The molecule has 6 heteroatoms. The number of esters is 1. The van der Waals surface area contributed by atoms with Gasteiger partial charge in [-0.3, -0.25) is 4.98 Å². The predicted molar refractivity (Wildman–Crippen MR) is 97.4 cm³/mol. The number of benzene rings is 1. The fourth-order valence-electron chi connectivity index (χ4n) is 2.80. The summed E-state index contributed by atoms with van der Waals surface area (Å²) in [5.74, 6) is 0.0531. The molecule has 0 aliphatic rings. The van der Waals surface area contributed by atoms with Gasteiger partial charge in [-0.1, -0.05) is 24.3 Å². The molecule has 0 radical (unpaired) electrons. The summed E-state index contributed by atoms with van der Waals surface area (Å²) in [6, 6.07) is 13.5. The molecule has 0 fully saturated rings. The molecule has 0 atom stereocenters. The molecule has 0 spiro atoms. The van der Waals surface area contributed by atoms with Gasteiger partial charge in [0, 0.05) is 18.6 Å². The predicted octanol–water partition coefficient (Wildman–Crippen LogP) is 3.69. The van der Waals surface area contributed by atoms with E-state index in [0.717, 1.165) is 16.7 Å². The van der Waals surface area contributed by atoms with Gasteiger partial charge in [-0.2, -0.15) is 0 Å². The van der Waals surface area contributed by atoms with Crippen LogP contribution in [0.25, 0.3) is 22.2 Å². The van der Waals surface area contributed by atoms with E-state index in [9.17, 15) is 4.79 Å². The van der Waals surface area contributed by atoms with Crippen molar-refractivity contribution in [2.75, 3.05) is 0 Å². The van der Waals surface area contributed by atoms with Crippen molar-refractivity contribution < 1.29 is 9.53 Å². The molecule has 3 heterocycles. The number of fused-ring (bicyclic) bond motifs is 1. The standard InChI is InChI=1S/C20H16N4O2/c1-13-23-18(17-7-9-22-19(17)24-13)20(25)26-12-14-4-2-5-15(10-14)16-6-3-8-21-11-16/h2-11H,12H2,1H3,(H,22,23,24). The lowest BCUT2D eigenvalue weighted by atomic mass is 10.1. The van der Waals surface area contributed by atoms with Crippen LogP contribution in [0, 0.1) is 6.92 Å². The quantitative estimate of drug-likeness (QED) is 0.571. The molecular formula is C20H16N4O2. The van der Waals surface area contributed by atoms with Crippen LogP contribution in [-0.4, -0.2) is 25.9 Å². The average molecular weight is 344 g/mol. The van der Waals surface area contributed by atoms with Gasteiger partial charge in [0.1, 0.15) is 18.1 Å². The summed E-state index contributed by atoms with van der Waals surface area (Å²) in [6.07, 6.45) is 5.27. The van der Waals surface area contributed by atoms with Crippen molar-refractivity contribution in [2.24, 2.45) is 0 Å². The number of pyridine rings is 1. The summed E-state index contributed by atoms with van der Waals surface area (Å²) < 4.78 is 5.48. The number of hydrogen-bond donors (Lipinski definition) is 1. The van der Waals surface area contributed by atoms with Crippen molar-refractivity contribution in [3.8, 4) is 11.1 Å². The van der Waals surface area contributed by atoms with Crippen LogP contribution in [0.3, 0.4) is 0 Å². The molecule has 0 bridgehead atoms. The average Bonchev–Trinajstić information content (AvgIpc) is 3.14. The first-order chi connectivity index (χ1) is 12.7. The van der Waals surface area contributed by atoms with Gasteiger partial charge in [0.2, 0.25) is 0 Å². The fourth-order valence-corrected chi connectivity index (χ4v) is 2.80. The van der Waals surface area contributed by atoms with Crippen LogP contribution in [0.4, 0.5) is 0 Å². The number of hydrogen-bond acceptors (Lipinski definition) is 5. The number of nitrogens with zero attached hydrogens (tertiary/aromatic N) is 3. The first kappa shape index (κ1) is 16.0. The van der Waals surface area contributed by atoms with E-state index in [-0.39, 0.29) is 12.3 Å². The summed E-state index contributed by atoms with van der Waals surface area (Å²) in [7, 11) is 0. The van der Waals surface area contributed by atoms with Crippen molar-refractivity contribution in [1.29, 1.82) is 0 Å². The van der Waals surface area contributed by atoms with Crippen LogP contribution >= 0.6 is 0 Å². The minimum absolute atomic E-state index is 0.169. The molecule has 0 saturated heterocycles. The Morgan fingerprint density at radius 2 is 2.00 bits per heavy atom.